The van der Waals surface area contributed by atoms with Crippen molar-refractivity contribution >= 4 is 5.91 Å². The van der Waals surface area contributed by atoms with E-state index in [1.807, 2.05) is 6.92 Å². The lowest BCUT2D eigenvalue weighted by Gasteiger charge is -2.35. The van der Waals surface area contributed by atoms with Gasteiger partial charge in [-0.05, 0) is 37.5 Å². The Balaban J connectivity index is 1.90. The van der Waals surface area contributed by atoms with E-state index in [0.29, 0.717) is 30.0 Å². The van der Waals surface area contributed by atoms with Gasteiger partial charge in [0.2, 0.25) is 5.75 Å². The highest BCUT2D eigenvalue weighted by Gasteiger charge is 2.37. The number of hydrogen-bond donors (Lipinski definition) is 2. The molecular formula is C21H26FN3O4. The van der Waals surface area contributed by atoms with Crippen LogP contribution in [0.25, 0.3) is 0 Å². The van der Waals surface area contributed by atoms with Gasteiger partial charge in [-0.3, -0.25) is 14.2 Å². The molecular weight excluding hydrogens is 377 g/mol. The minimum Gasteiger partial charge on any atom is -0.501 e. The summed E-state index contributed by atoms with van der Waals surface area (Å²) in [5.74, 6) is -1.33. The molecule has 1 aliphatic heterocycles. The summed E-state index contributed by atoms with van der Waals surface area (Å²) >= 11 is 0. The fourth-order valence-electron chi connectivity index (χ4n) is 3.52. The lowest BCUT2D eigenvalue weighted by molar-refractivity contribution is -0.0770. The number of benzene rings is 1. The Morgan fingerprint density at radius 1 is 1.45 bits per heavy atom. The van der Waals surface area contributed by atoms with E-state index in [-0.39, 0.29) is 24.6 Å². The number of unbranched alkanes of at least 4 members (excludes halogenated alkanes) is 1. The third kappa shape index (κ3) is 4.17. The van der Waals surface area contributed by atoms with E-state index in [4.69, 9.17) is 4.74 Å². The molecule has 0 radical (unpaired) electrons. The standard InChI is InChI=1S/C21H26FN3O4/c1-4-5-8-21(3)20-24-16(17(26)19(28)25(20)9-10-29-21)18(27)23-12-14-6-7-15(22)13(2)11-14/h6-7,11,26H,4-5,8-10,12H2,1-3H3,(H,23,27). The smallest absolute Gasteiger partial charge is 0.296 e. The van der Waals surface area contributed by atoms with Crippen LogP contribution in [0.4, 0.5) is 4.39 Å². The Labute approximate surface area is 168 Å². The first kappa shape index (κ1) is 21.0. The number of hydrogen-bond acceptors (Lipinski definition) is 5. The van der Waals surface area contributed by atoms with E-state index in [9.17, 15) is 19.1 Å². The summed E-state index contributed by atoms with van der Waals surface area (Å²) in [6, 6.07) is 4.52. The van der Waals surface area contributed by atoms with Gasteiger partial charge in [-0.2, -0.15) is 0 Å². The molecule has 29 heavy (non-hydrogen) atoms. The molecule has 1 aromatic carbocycles. The zero-order valence-corrected chi connectivity index (χ0v) is 16.9. The molecule has 1 unspecified atom stereocenters. The van der Waals surface area contributed by atoms with E-state index in [1.54, 1.807) is 19.1 Å². The van der Waals surface area contributed by atoms with Crippen molar-refractivity contribution in [2.45, 2.75) is 58.7 Å². The molecule has 0 saturated heterocycles. The number of aryl methyl sites for hydroxylation is 1. The number of halogens is 1. The zero-order valence-electron chi connectivity index (χ0n) is 16.9. The van der Waals surface area contributed by atoms with Crippen molar-refractivity contribution in [2.75, 3.05) is 6.61 Å². The average molecular weight is 403 g/mol. The van der Waals surface area contributed by atoms with Crippen LogP contribution in [0.5, 0.6) is 5.75 Å². The van der Waals surface area contributed by atoms with Crippen LogP contribution in [-0.4, -0.2) is 27.2 Å². The summed E-state index contributed by atoms with van der Waals surface area (Å²) in [5, 5.41) is 12.9. The fraction of sp³-hybridized carbons (Fsp3) is 0.476. The lowest BCUT2D eigenvalue weighted by Crippen LogP contribution is -2.43. The highest BCUT2D eigenvalue weighted by Crippen LogP contribution is 2.33. The molecule has 2 heterocycles. The molecule has 2 N–H and O–H groups in total. The number of amides is 1. The van der Waals surface area contributed by atoms with Crippen LogP contribution in [0.15, 0.2) is 23.0 Å². The largest absolute Gasteiger partial charge is 0.501 e. The van der Waals surface area contributed by atoms with Gasteiger partial charge in [0.05, 0.1) is 13.2 Å². The molecule has 156 valence electrons. The summed E-state index contributed by atoms with van der Waals surface area (Å²) < 4.78 is 20.7. The number of carbonyl (C=O) groups is 1. The Kier molecular flexibility index (Phi) is 6.02. The van der Waals surface area contributed by atoms with Gasteiger partial charge in [0.25, 0.3) is 11.5 Å². The maximum Gasteiger partial charge on any atom is 0.296 e. The Bertz CT molecular complexity index is 989. The molecule has 3 rings (SSSR count). The van der Waals surface area contributed by atoms with Crippen molar-refractivity contribution in [2.24, 2.45) is 0 Å². The number of nitrogens with zero attached hydrogens (tertiary/aromatic N) is 2. The van der Waals surface area contributed by atoms with Crippen LogP contribution in [0.1, 0.15) is 60.5 Å². The van der Waals surface area contributed by atoms with E-state index < -0.39 is 22.8 Å². The van der Waals surface area contributed by atoms with Gasteiger partial charge in [-0.15, -0.1) is 0 Å². The van der Waals surface area contributed by atoms with Crippen molar-refractivity contribution in [3.8, 4) is 5.75 Å². The average Bonchev–Trinajstić information content (AvgIpc) is 2.70. The molecule has 7 nitrogen and oxygen atoms in total. The summed E-state index contributed by atoms with van der Waals surface area (Å²) in [5.41, 5.74) is -0.613. The molecule has 1 aromatic heterocycles. The summed E-state index contributed by atoms with van der Waals surface area (Å²) in [7, 11) is 0. The molecule has 1 amide bonds. The number of carbonyl (C=O) groups excluding carboxylic acids is 1. The van der Waals surface area contributed by atoms with Crippen molar-refractivity contribution in [3.63, 3.8) is 0 Å². The van der Waals surface area contributed by atoms with E-state index >= 15 is 0 Å². The maximum atomic E-state index is 13.4. The van der Waals surface area contributed by atoms with Crippen LogP contribution in [0, 0.1) is 12.7 Å². The normalized spacial score (nSPS) is 18.3. The molecule has 0 saturated carbocycles. The van der Waals surface area contributed by atoms with Gasteiger partial charge in [-0.25, -0.2) is 9.37 Å². The third-order valence-electron chi connectivity index (χ3n) is 5.25. The van der Waals surface area contributed by atoms with Gasteiger partial charge in [0.15, 0.2) is 5.69 Å². The van der Waals surface area contributed by atoms with Crippen molar-refractivity contribution in [3.05, 3.63) is 57.0 Å². The second-order valence-electron chi connectivity index (χ2n) is 7.54. The first-order valence-corrected chi connectivity index (χ1v) is 9.78. The molecule has 0 bridgehead atoms. The van der Waals surface area contributed by atoms with Crippen molar-refractivity contribution in [1.82, 2.24) is 14.9 Å². The van der Waals surface area contributed by atoms with Gasteiger partial charge in [-0.1, -0.05) is 31.9 Å². The van der Waals surface area contributed by atoms with Crippen molar-refractivity contribution < 1.29 is 19.0 Å². The van der Waals surface area contributed by atoms with Gasteiger partial charge >= 0.3 is 0 Å². The van der Waals surface area contributed by atoms with E-state index in [2.05, 4.69) is 17.2 Å². The molecule has 0 spiro atoms. The van der Waals surface area contributed by atoms with Crippen LogP contribution in [-0.2, 0) is 23.4 Å². The maximum absolute atomic E-state index is 13.4. The first-order valence-electron chi connectivity index (χ1n) is 9.78. The molecule has 2 aromatic rings. The highest BCUT2D eigenvalue weighted by molar-refractivity contribution is 5.94. The Hall–Kier alpha value is -2.74. The summed E-state index contributed by atoms with van der Waals surface area (Å²) in [6.45, 7) is 6.26. The predicted molar refractivity (Wildman–Crippen MR) is 105 cm³/mol. The zero-order chi connectivity index (χ0) is 21.2. The predicted octanol–water partition coefficient (Wildman–Crippen LogP) is 2.76. The van der Waals surface area contributed by atoms with E-state index in [1.165, 1.54) is 10.6 Å². The Morgan fingerprint density at radius 3 is 2.90 bits per heavy atom. The summed E-state index contributed by atoms with van der Waals surface area (Å²) in [4.78, 5) is 29.6. The van der Waals surface area contributed by atoms with Gasteiger partial charge < -0.3 is 15.2 Å². The van der Waals surface area contributed by atoms with Gasteiger partial charge in [0, 0.05) is 6.54 Å². The fourth-order valence-corrected chi connectivity index (χ4v) is 3.52. The van der Waals surface area contributed by atoms with Crippen LogP contribution in [0.2, 0.25) is 0 Å². The van der Waals surface area contributed by atoms with Crippen molar-refractivity contribution in [1.29, 1.82) is 0 Å². The molecule has 0 fully saturated rings. The Morgan fingerprint density at radius 2 is 2.21 bits per heavy atom. The van der Waals surface area contributed by atoms with Crippen LogP contribution < -0.4 is 10.9 Å². The molecule has 0 aliphatic carbocycles. The first-order chi connectivity index (χ1) is 13.8. The molecule has 8 heteroatoms. The second-order valence-corrected chi connectivity index (χ2v) is 7.54. The lowest BCUT2D eigenvalue weighted by atomic mass is 9.96. The van der Waals surface area contributed by atoms with Crippen LogP contribution in [0.3, 0.4) is 0 Å². The van der Waals surface area contributed by atoms with Crippen LogP contribution >= 0.6 is 0 Å². The van der Waals surface area contributed by atoms with Gasteiger partial charge in [0.1, 0.15) is 17.2 Å². The monoisotopic (exact) mass is 403 g/mol. The van der Waals surface area contributed by atoms with E-state index in [0.717, 1.165) is 12.8 Å². The second kappa shape index (κ2) is 8.32. The number of ether oxygens (including phenoxy) is 1. The third-order valence-corrected chi connectivity index (χ3v) is 5.25. The number of fused-ring (bicyclic) bond motifs is 1. The minimum absolute atomic E-state index is 0.114. The quantitative estimate of drug-likeness (QED) is 0.774. The number of rotatable bonds is 6. The molecule has 1 atom stereocenters. The minimum atomic E-state index is -0.801. The SMILES string of the molecule is CCCCC1(C)OCCn2c1nc(C(=O)NCc1ccc(F)c(C)c1)c(O)c2=O. The highest BCUT2D eigenvalue weighted by atomic mass is 19.1. The molecule has 1 aliphatic rings. The number of nitrogens with one attached hydrogen (secondary N) is 1. The topological polar surface area (TPSA) is 93.5 Å². The number of aromatic nitrogens is 2. The summed E-state index contributed by atoms with van der Waals surface area (Å²) in [6.07, 6.45) is 2.47. The number of aromatic hydroxyl groups is 1.